The smallest absolute Gasteiger partial charge is 0.230 e. The van der Waals surface area contributed by atoms with Crippen LogP contribution in [-0.4, -0.2) is 48.3 Å². The van der Waals surface area contributed by atoms with Gasteiger partial charge in [0, 0.05) is 12.2 Å². The summed E-state index contributed by atoms with van der Waals surface area (Å²) in [6.07, 6.45) is 4.50. The highest BCUT2D eigenvalue weighted by Gasteiger charge is 2.31. The Labute approximate surface area is 144 Å². The number of aliphatic hydroxyl groups excluding tert-OH is 1. The average Bonchev–Trinajstić information content (AvgIpc) is 3.21. The fourth-order valence-electron chi connectivity index (χ4n) is 3.66. The monoisotopic (exact) mass is 332 g/mol. The second-order valence-corrected chi connectivity index (χ2v) is 6.97. The first-order valence-electron chi connectivity index (χ1n) is 9.08. The molecule has 5 nitrogen and oxygen atoms in total. The van der Waals surface area contributed by atoms with Crippen LogP contribution in [0.5, 0.6) is 5.75 Å². The summed E-state index contributed by atoms with van der Waals surface area (Å²) in [7, 11) is 0. The number of carbonyl (C=O) groups is 1. The molecule has 1 heterocycles. The summed E-state index contributed by atoms with van der Waals surface area (Å²) in [5, 5.41) is 12.8. The molecule has 1 aromatic carbocycles. The van der Waals surface area contributed by atoms with Gasteiger partial charge in [0.1, 0.15) is 12.4 Å². The van der Waals surface area contributed by atoms with E-state index < -0.39 is 6.10 Å². The molecule has 0 bridgehead atoms. The van der Waals surface area contributed by atoms with Crippen molar-refractivity contribution in [3.63, 3.8) is 0 Å². The number of ether oxygens (including phenoxy) is 1. The van der Waals surface area contributed by atoms with Gasteiger partial charge in [0.05, 0.1) is 12.0 Å². The van der Waals surface area contributed by atoms with Gasteiger partial charge in [0.2, 0.25) is 5.91 Å². The second kappa shape index (κ2) is 7.99. The van der Waals surface area contributed by atoms with Crippen LogP contribution in [0, 0.1) is 12.8 Å². The van der Waals surface area contributed by atoms with Gasteiger partial charge in [-0.1, -0.05) is 0 Å². The largest absolute Gasteiger partial charge is 0.492 e. The van der Waals surface area contributed by atoms with Gasteiger partial charge in [0.25, 0.3) is 0 Å². The van der Waals surface area contributed by atoms with E-state index in [9.17, 15) is 9.90 Å². The number of rotatable bonds is 6. The van der Waals surface area contributed by atoms with Crippen molar-refractivity contribution in [2.75, 3.05) is 31.6 Å². The van der Waals surface area contributed by atoms with Gasteiger partial charge in [-0.3, -0.25) is 9.69 Å². The quantitative estimate of drug-likeness (QED) is 0.840. The molecule has 1 saturated carbocycles. The highest BCUT2D eigenvalue weighted by atomic mass is 16.5. The van der Waals surface area contributed by atoms with E-state index in [-0.39, 0.29) is 11.8 Å². The van der Waals surface area contributed by atoms with Crippen LogP contribution >= 0.6 is 0 Å². The van der Waals surface area contributed by atoms with E-state index >= 15 is 0 Å². The first kappa shape index (κ1) is 17.2. The van der Waals surface area contributed by atoms with E-state index in [1.54, 1.807) is 0 Å². The molecular weight excluding hydrogens is 304 g/mol. The van der Waals surface area contributed by atoms with E-state index in [1.807, 2.05) is 25.1 Å². The lowest BCUT2D eigenvalue weighted by Gasteiger charge is -2.17. The minimum Gasteiger partial charge on any atom is -0.492 e. The molecule has 0 radical (unpaired) electrons. The normalized spacial score (nSPS) is 24.2. The number of aryl methyl sites for hydroxylation is 1. The molecule has 2 fully saturated rings. The number of amides is 1. The number of nitrogens with zero attached hydrogens (tertiary/aromatic N) is 1. The molecule has 1 aromatic rings. The number of anilines is 1. The molecule has 2 unspecified atom stereocenters. The number of carbonyl (C=O) groups excluding carboxylic acids is 1. The third kappa shape index (κ3) is 4.28. The summed E-state index contributed by atoms with van der Waals surface area (Å²) >= 11 is 0. The summed E-state index contributed by atoms with van der Waals surface area (Å²) in [5.41, 5.74) is 1.78. The van der Waals surface area contributed by atoms with Crippen LogP contribution in [-0.2, 0) is 4.79 Å². The average molecular weight is 332 g/mol. The van der Waals surface area contributed by atoms with Crippen molar-refractivity contribution in [1.82, 2.24) is 4.90 Å². The maximum atomic E-state index is 12.2. The van der Waals surface area contributed by atoms with Crippen molar-refractivity contribution in [2.24, 2.45) is 5.92 Å². The summed E-state index contributed by atoms with van der Waals surface area (Å²) in [5.74, 6) is 0.511. The van der Waals surface area contributed by atoms with Crippen LogP contribution in [0.4, 0.5) is 5.69 Å². The maximum Gasteiger partial charge on any atom is 0.230 e. The Morgan fingerprint density at radius 2 is 2.08 bits per heavy atom. The Kier molecular flexibility index (Phi) is 5.74. The molecule has 2 atom stereocenters. The third-order valence-corrected chi connectivity index (χ3v) is 5.12. The van der Waals surface area contributed by atoms with E-state index in [1.165, 1.54) is 25.9 Å². The highest BCUT2D eigenvalue weighted by Crippen LogP contribution is 2.28. The Balaban J connectivity index is 1.51. The van der Waals surface area contributed by atoms with Crippen molar-refractivity contribution in [3.05, 3.63) is 23.8 Å². The molecule has 3 rings (SSSR count). The summed E-state index contributed by atoms with van der Waals surface area (Å²) in [4.78, 5) is 14.7. The van der Waals surface area contributed by atoms with Gasteiger partial charge < -0.3 is 15.2 Å². The lowest BCUT2D eigenvalue weighted by Crippen LogP contribution is -2.28. The van der Waals surface area contributed by atoms with Gasteiger partial charge in [-0.25, -0.2) is 0 Å². The molecule has 0 spiro atoms. The molecule has 0 aromatic heterocycles. The van der Waals surface area contributed by atoms with Crippen molar-refractivity contribution < 1.29 is 14.6 Å². The molecule has 1 saturated heterocycles. The van der Waals surface area contributed by atoms with Gasteiger partial charge >= 0.3 is 0 Å². The molecule has 5 heteroatoms. The van der Waals surface area contributed by atoms with Crippen LogP contribution in [0.3, 0.4) is 0 Å². The molecular formula is C19H28N2O3. The van der Waals surface area contributed by atoms with Crippen LogP contribution in [0.25, 0.3) is 0 Å². The third-order valence-electron chi connectivity index (χ3n) is 5.12. The van der Waals surface area contributed by atoms with Crippen molar-refractivity contribution in [2.45, 2.75) is 45.1 Å². The molecule has 1 aliphatic heterocycles. The second-order valence-electron chi connectivity index (χ2n) is 6.97. The zero-order chi connectivity index (χ0) is 16.9. The summed E-state index contributed by atoms with van der Waals surface area (Å²) < 4.78 is 5.88. The number of likely N-dealkylation sites (tertiary alicyclic amines) is 1. The van der Waals surface area contributed by atoms with E-state index in [0.29, 0.717) is 6.61 Å². The molecule has 2 N–H and O–H groups in total. The predicted molar refractivity (Wildman–Crippen MR) is 94.3 cm³/mol. The highest BCUT2D eigenvalue weighted by molar-refractivity contribution is 5.93. The Morgan fingerprint density at radius 3 is 2.75 bits per heavy atom. The molecule has 24 heavy (non-hydrogen) atoms. The zero-order valence-electron chi connectivity index (χ0n) is 14.5. The zero-order valence-corrected chi connectivity index (χ0v) is 14.5. The molecule has 1 amide bonds. The van der Waals surface area contributed by atoms with E-state index in [4.69, 9.17) is 4.74 Å². The van der Waals surface area contributed by atoms with E-state index in [0.717, 1.165) is 42.8 Å². The number of hydrogen-bond acceptors (Lipinski definition) is 4. The standard InChI is InChI=1S/C19H28N2O3/c1-14-13-15(20-19(23)16-5-4-6-17(16)22)7-8-18(14)24-12-11-21-9-2-3-10-21/h7-8,13,16-17,22H,2-6,9-12H2,1H3,(H,20,23). The summed E-state index contributed by atoms with van der Waals surface area (Å²) in [6.45, 7) is 6.02. The van der Waals surface area contributed by atoms with Crippen LogP contribution in [0.15, 0.2) is 18.2 Å². The minimum atomic E-state index is -0.501. The van der Waals surface area contributed by atoms with Crippen LogP contribution in [0.1, 0.15) is 37.7 Å². The number of benzene rings is 1. The molecule has 1 aliphatic carbocycles. The Morgan fingerprint density at radius 1 is 1.29 bits per heavy atom. The fourth-order valence-corrected chi connectivity index (χ4v) is 3.66. The SMILES string of the molecule is Cc1cc(NC(=O)C2CCCC2O)ccc1OCCN1CCCC1. The number of nitrogens with one attached hydrogen (secondary N) is 1. The van der Waals surface area contributed by atoms with Gasteiger partial charge in [0.15, 0.2) is 0 Å². The first-order chi connectivity index (χ1) is 11.6. The van der Waals surface area contributed by atoms with E-state index in [2.05, 4.69) is 10.2 Å². The Bertz CT molecular complexity index is 570. The minimum absolute atomic E-state index is 0.0814. The van der Waals surface area contributed by atoms with Crippen molar-refractivity contribution in [3.8, 4) is 5.75 Å². The van der Waals surface area contributed by atoms with Crippen molar-refractivity contribution >= 4 is 11.6 Å². The van der Waals surface area contributed by atoms with Crippen LogP contribution in [0.2, 0.25) is 0 Å². The maximum absolute atomic E-state index is 12.2. The lowest BCUT2D eigenvalue weighted by molar-refractivity contribution is -0.122. The topological polar surface area (TPSA) is 61.8 Å². The molecule has 132 valence electrons. The number of hydrogen-bond donors (Lipinski definition) is 2. The predicted octanol–water partition coefficient (Wildman–Crippen LogP) is 2.57. The lowest BCUT2D eigenvalue weighted by atomic mass is 10.0. The number of aliphatic hydroxyl groups is 1. The first-order valence-corrected chi connectivity index (χ1v) is 9.08. The molecule has 2 aliphatic rings. The van der Waals surface area contributed by atoms with Gasteiger partial charge in [-0.15, -0.1) is 0 Å². The fraction of sp³-hybridized carbons (Fsp3) is 0.632. The summed E-state index contributed by atoms with van der Waals surface area (Å²) in [6, 6.07) is 5.72. The van der Waals surface area contributed by atoms with Crippen molar-refractivity contribution in [1.29, 1.82) is 0 Å². The van der Waals surface area contributed by atoms with Crippen LogP contribution < -0.4 is 10.1 Å². The Hall–Kier alpha value is -1.59. The van der Waals surface area contributed by atoms with Gasteiger partial charge in [-0.05, 0) is 75.9 Å². The van der Waals surface area contributed by atoms with Gasteiger partial charge in [-0.2, -0.15) is 0 Å².